The van der Waals surface area contributed by atoms with Crippen molar-refractivity contribution in [1.82, 2.24) is 9.47 Å². The van der Waals surface area contributed by atoms with Gasteiger partial charge in [0.25, 0.3) is 5.56 Å². The van der Waals surface area contributed by atoms with Gasteiger partial charge in [-0.1, -0.05) is 54.6 Å². The molecule has 4 aromatic rings. The maximum absolute atomic E-state index is 14.3. The van der Waals surface area contributed by atoms with Crippen molar-refractivity contribution in [2.24, 2.45) is 18.2 Å². The van der Waals surface area contributed by atoms with E-state index in [-0.39, 0.29) is 48.9 Å². The number of rotatable bonds is 7. The van der Waals surface area contributed by atoms with Crippen molar-refractivity contribution in [1.29, 1.82) is 0 Å². The second kappa shape index (κ2) is 14.3. The number of aliphatic carboxylic acids is 1. The Kier molecular flexibility index (Phi) is 10.9. The molecule has 0 aliphatic carbocycles. The van der Waals surface area contributed by atoms with Gasteiger partial charge in [0, 0.05) is 25.4 Å². The van der Waals surface area contributed by atoms with Crippen LogP contribution >= 0.6 is 0 Å². The summed E-state index contributed by atoms with van der Waals surface area (Å²) >= 11 is 0. The number of likely N-dealkylation sites (tertiary alicyclic amines) is 1. The number of alkyl halides is 9. The Hall–Kier alpha value is -4.60. The summed E-state index contributed by atoms with van der Waals surface area (Å²) in [6, 6.07) is 15.9. The highest BCUT2D eigenvalue weighted by atomic mass is 19.4. The fourth-order valence-electron chi connectivity index (χ4n) is 6.21. The highest BCUT2D eigenvalue weighted by molar-refractivity contribution is 6.01. The quantitative estimate of drug-likeness (QED) is 0.193. The molecular formula is C34H32F9N3O4. The molecule has 2 heterocycles. The number of carboxylic acid groups (broad SMARTS) is 1. The van der Waals surface area contributed by atoms with Crippen LogP contribution in [0.3, 0.4) is 0 Å². The maximum Gasteiger partial charge on any atom is 0.417 e. The molecule has 50 heavy (non-hydrogen) atoms. The lowest BCUT2D eigenvalue weighted by molar-refractivity contribution is -0.232. The van der Waals surface area contributed by atoms with E-state index in [0.29, 0.717) is 16.3 Å². The summed E-state index contributed by atoms with van der Waals surface area (Å²) in [6.45, 7) is -0.812. The minimum Gasteiger partial charge on any atom is -0.481 e. The number of fused-ring (bicyclic) bond motifs is 2. The number of amides is 1. The van der Waals surface area contributed by atoms with Gasteiger partial charge in [0.05, 0.1) is 23.1 Å². The van der Waals surface area contributed by atoms with Gasteiger partial charge in [-0.05, 0) is 60.3 Å². The number of pyridine rings is 1. The number of carbonyl (C=O) groups is 2. The average Bonchev–Trinajstić information content (AvgIpc) is 3.03. The molecule has 3 aromatic carbocycles. The molecule has 0 bridgehead atoms. The zero-order chi connectivity index (χ0) is 37.2. The van der Waals surface area contributed by atoms with Crippen LogP contribution in [-0.2, 0) is 29.2 Å². The van der Waals surface area contributed by atoms with E-state index in [4.69, 9.17) is 10.8 Å². The number of halogens is 9. The molecule has 0 unspecified atom stereocenters. The third-order valence-corrected chi connectivity index (χ3v) is 8.91. The van der Waals surface area contributed by atoms with Crippen LogP contribution < -0.4 is 11.3 Å². The third kappa shape index (κ3) is 8.06. The van der Waals surface area contributed by atoms with Crippen LogP contribution in [0.2, 0.25) is 0 Å². The second-order valence-corrected chi connectivity index (χ2v) is 12.0. The molecule has 1 saturated heterocycles. The van der Waals surface area contributed by atoms with Gasteiger partial charge in [-0.2, -0.15) is 39.5 Å². The van der Waals surface area contributed by atoms with E-state index in [2.05, 4.69) is 0 Å². The number of hydrogen-bond donors (Lipinski definition) is 2. The summed E-state index contributed by atoms with van der Waals surface area (Å²) < 4.78 is 119. The number of carbonyl (C=O) groups excluding carboxylic acids is 1. The molecular weight excluding hydrogens is 685 g/mol. The number of aryl methyl sites for hydroxylation is 2. The number of para-hydroxylation sites is 1. The van der Waals surface area contributed by atoms with Crippen molar-refractivity contribution in [2.45, 2.75) is 50.6 Å². The smallest absolute Gasteiger partial charge is 0.417 e. The maximum atomic E-state index is 14.3. The largest absolute Gasteiger partial charge is 0.481 e. The molecule has 0 radical (unpaired) electrons. The summed E-state index contributed by atoms with van der Waals surface area (Å²) in [5.41, 5.74) is 1.17. The minimum absolute atomic E-state index is 0.0499. The zero-order valence-electron chi connectivity index (χ0n) is 26.5. The predicted molar refractivity (Wildman–Crippen MR) is 167 cm³/mol. The fraction of sp³-hybridized carbons (Fsp3) is 0.382. The van der Waals surface area contributed by atoms with E-state index in [0.717, 1.165) is 0 Å². The first kappa shape index (κ1) is 38.2. The number of carboxylic acids is 1. The van der Waals surface area contributed by atoms with E-state index < -0.39 is 71.8 Å². The summed E-state index contributed by atoms with van der Waals surface area (Å²) in [4.78, 5) is 36.5. The van der Waals surface area contributed by atoms with E-state index in [1.807, 2.05) is 0 Å². The zero-order valence-corrected chi connectivity index (χ0v) is 26.5. The van der Waals surface area contributed by atoms with E-state index >= 15 is 0 Å². The van der Waals surface area contributed by atoms with Crippen LogP contribution in [0.4, 0.5) is 39.5 Å². The van der Waals surface area contributed by atoms with Crippen molar-refractivity contribution in [3.05, 3.63) is 82.1 Å². The highest BCUT2D eigenvalue weighted by Gasteiger charge is 2.60. The Morgan fingerprint density at radius 1 is 0.840 bits per heavy atom. The van der Waals surface area contributed by atoms with Crippen LogP contribution in [0.1, 0.15) is 36.8 Å². The topological polar surface area (TPSA) is 106 Å². The lowest BCUT2D eigenvalue weighted by Gasteiger charge is -2.40. The van der Waals surface area contributed by atoms with Crippen molar-refractivity contribution in [2.75, 3.05) is 19.6 Å². The van der Waals surface area contributed by atoms with Gasteiger partial charge in [0.1, 0.15) is 5.41 Å². The Morgan fingerprint density at radius 3 is 1.98 bits per heavy atom. The number of benzene rings is 3. The third-order valence-electron chi connectivity index (χ3n) is 8.91. The van der Waals surface area contributed by atoms with E-state index in [9.17, 15) is 53.9 Å². The molecule has 1 aliphatic heterocycles. The van der Waals surface area contributed by atoms with Crippen LogP contribution in [-0.4, -0.2) is 58.4 Å². The molecule has 270 valence electrons. The molecule has 5 rings (SSSR count). The Bertz CT molecular complexity index is 1940. The molecule has 16 heteroatoms. The standard InChI is InChI=1S/C24H18F3NO3.C10H14F6N2O/c1-28-19-11-3-2-7-18(19)22(24(25,26)27)21(23(28)31)17-10-5-8-15-14(12-13-20(29)30)6-4-9-16(15)17;11-9(12,13)3-6-18-4-1-8(2-5-18,7(17)19)10(14,15)16/h2-11H,12-13H2,1H3,(H,29,30);1-6H2,(H2,17,19). The Labute approximate surface area is 279 Å². The van der Waals surface area contributed by atoms with Crippen molar-refractivity contribution < 1.29 is 54.2 Å². The second-order valence-electron chi connectivity index (χ2n) is 12.0. The van der Waals surface area contributed by atoms with E-state index in [1.165, 1.54) is 40.8 Å². The number of nitrogens with two attached hydrogens (primary N) is 1. The first-order chi connectivity index (χ1) is 23.2. The van der Waals surface area contributed by atoms with Gasteiger partial charge in [0.15, 0.2) is 0 Å². The van der Waals surface area contributed by atoms with Crippen LogP contribution in [0, 0.1) is 5.41 Å². The number of hydrogen-bond acceptors (Lipinski definition) is 4. The molecule has 7 nitrogen and oxygen atoms in total. The first-order valence-electron chi connectivity index (χ1n) is 15.3. The van der Waals surface area contributed by atoms with Gasteiger partial charge in [0.2, 0.25) is 5.91 Å². The Balaban J connectivity index is 0.000000255. The average molecular weight is 718 g/mol. The molecule has 1 aromatic heterocycles. The van der Waals surface area contributed by atoms with Crippen molar-refractivity contribution in [3.8, 4) is 11.1 Å². The Morgan fingerprint density at radius 2 is 1.42 bits per heavy atom. The monoisotopic (exact) mass is 717 g/mol. The molecule has 0 saturated carbocycles. The molecule has 1 amide bonds. The van der Waals surface area contributed by atoms with Gasteiger partial charge in [-0.3, -0.25) is 14.4 Å². The first-order valence-corrected chi connectivity index (χ1v) is 15.3. The number of nitrogens with zero attached hydrogens (tertiary/aromatic N) is 2. The molecule has 3 N–H and O–H groups in total. The number of piperidine rings is 1. The molecule has 0 atom stereocenters. The molecule has 1 aliphatic rings. The summed E-state index contributed by atoms with van der Waals surface area (Å²) in [5, 5.41) is 10.1. The fourth-order valence-corrected chi connectivity index (χ4v) is 6.21. The summed E-state index contributed by atoms with van der Waals surface area (Å²) in [5.74, 6) is -2.42. The van der Waals surface area contributed by atoms with Crippen LogP contribution in [0.15, 0.2) is 65.5 Å². The lowest BCUT2D eigenvalue weighted by atomic mass is 9.77. The van der Waals surface area contributed by atoms with Crippen molar-refractivity contribution in [3.63, 3.8) is 0 Å². The van der Waals surface area contributed by atoms with Crippen molar-refractivity contribution >= 4 is 33.6 Å². The number of primary amides is 1. The molecule has 0 spiro atoms. The molecule has 1 fully saturated rings. The number of aromatic nitrogens is 1. The van der Waals surface area contributed by atoms with E-state index in [1.54, 1.807) is 36.4 Å². The SMILES string of the molecule is Cn1c(=O)c(-c2cccc3c(CCC(=O)O)cccc23)c(C(F)(F)F)c2ccccc21.NC(=O)C1(C(F)(F)F)CCN(CCC(F)(F)F)CC1. The van der Waals surface area contributed by atoms with Gasteiger partial charge in [-0.15, -0.1) is 0 Å². The minimum atomic E-state index is -4.77. The highest BCUT2D eigenvalue weighted by Crippen LogP contribution is 2.46. The predicted octanol–water partition coefficient (Wildman–Crippen LogP) is 7.46. The summed E-state index contributed by atoms with van der Waals surface area (Å²) in [6.07, 6.45) is -16.0. The van der Waals surface area contributed by atoms with Gasteiger partial charge < -0.3 is 20.3 Å². The van der Waals surface area contributed by atoms with Crippen LogP contribution in [0.5, 0.6) is 0 Å². The van der Waals surface area contributed by atoms with Crippen LogP contribution in [0.25, 0.3) is 32.8 Å². The van der Waals surface area contributed by atoms with Gasteiger partial charge >= 0.3 is 24.5 Å². The summed E-state index contributed by atoms with van der Waals surface area (Å²) in [7, 11) is 1.46. The lowest BCUT2D eigenvalue weighted by Crippen LogP contribution is -2.55. The van der Waals surface area contributed by atoms with Gasteiger partial charge in [-0.25, -0.2) is 0 Å². The normalized spacial score (nSPS) is 15.5.